The summed E-state index contributed by atoms with van der Waals surface area (Å²) in [6.07, 6.45) is 3.30. The van der Waals surface area contributed by atoms with Gasteiger partial charge < -0.3 is 9.16 Å². The molecule has 0 radical (unpaired) electrons. The maximum absolute atomic E-state index is 16.0. The second-order valence-electron chi connectivity index (χ2n) is 12.7. The number of amides is 1. The van der Waals surface area contributed by atoms with Gasteiger partial charge in [0.15, 0.2) is 14.0 Å². The monoisotopic (exact) mass is 669 g/mol. The van der Waals surface area contributed by atoms with Crippen molar-refractivity contribution in [1.29, 1.82) is 5.26 Å². The zero-order valence-electron chi connectivity index (χ0n) is 24.4. The molecular formula is C32H34BrClFN3O3Si. The highest BCUT2D eigenvalue weighted by Gasteiger charge is 2.55. The molecule has 1 amide bonds. The Balaban J connectivity index is 1.52. The molecule has 5 rings (SSSR count). The molecular weight excluding hydrogens is 637 g/mol. The summed E-state index contributed by atoms with van der Waals surface area (Å²) < 4.78 is 29.8. The fraction of sp³-hybridized carbons (Fsp3) is 0.406. The average Bonchev–Trinajstić information content (AvgIpc) is 3.13. The third-order valence-corrected chi connectivity index (χ3v) is 14.0. The second-order valence-corrected chi connectivity index (χ2v) is 18.8. The van der Waals surface area contributed by atoms with Crippen LogP contribution in [0.3, 0.4) is 0 Å². The number of carbonyl (C=O) groups excluding carboxylic acids is 1. The van der Waals surface area contributed by atoms with Crippen LogP contribution in [0.5, 0.6) is 0 Å². The van der Waals surface area contributed by atoms with Gasteiger partial charge in [0, 0.05) is 27.4 Å². The Kier molecular flexibility index (Phi) is 8.42. The molecule has 1 unspecified atom stereocenters. The van der Waals surface area contributed by atoms with Crippen LogP contribution >= 0.6 is 27.5 Å². The molecule has 2 aliphatic rings. The lowest BCUT2D eigenvalue weighted by Gasteiger charge is -2.46. The lowest BCUT2D eigenvalue weighted by atomic mass is 9.83. The third kappa shape index (κ3) is 5.68. The first-order valence-corrected chi connectivity index (χ1v) is 18.1. The van der Waals surface area contributed by atoms with E-state index in [0.29, 0.717) is 32.9 Å². The Morgan fingerprint density at radius 1 is 1.19 bits per heavy atom. The van der Waals surface area contributed by atoms with Crippen LogP contribution in [0.2, 0.25) is 23.2 Å². The van der Waals surface area contributed by atoms with Crippen molar-refractivity contribution in [2.75, 3.05) is 6.61 Å². The Morgan fingerprint density at radius 2 is 1.88 bits per heavy atom. The predicted octanol–water partition coefficient (Wildman–Crippen LogP) is 8.18. The number of rotatable bonds is 8. The highest BCUT2D eigenvalue weighted by molar-refractivity contribution is 9.10. The number of ether oxygens (including phenoxy) is 1. The number of nitriles is 1. The van der Waals surface area contributed by atoms with E-state index in [9.17, 15) is 10.1 Å². The number of benzene rings is 2. The van der Waals surface area contributed by atoms with Crippen molar-refractivity contribution >= 4 is 41.8 Å². The molecule has 1 aromatic heterocycles. The quantitative estimate of drug-likeness (QED) is 0.226. The van der Waals surface area contributed by atoms with Crippen molar-refractivity contribution in [3.05, 3.63) is 98.0 Å². The summed E-state index contributed by atoms with van der Waals surface area (Å²) in [6, 6.07) is 15.4. The van der Waals surface area contributed by atoms with E-state index in [-0.39, 0.29) is 40.6 Å². The van der Waals surface area contributed by atoms with Gasteiger partial charge in [-0.15, -0.1) is 0 Å². The van der Waals surface area contributed by atoms with Gasteiger partial charge in [0.1, 0.15) is 11.9 Å². The Hall–Kier alpha value is -2.61. The highest BCUT2D eigenvalue weighted by Crippen LogP contribution is 2.49. The van der Waals surface area contributed by atoms with E-state index in [1.165, 1.54) is 17.2 Å². The molecule has 0 bridgehead atoms. The highest BCUT2D eigenvalue weighted by atomic mass is 79.9. The molecule has 220 valence electrons. The molecule has 2 heterocycles. The maximum atomic E-state index is 16.0. The summed E-state index contributed by atoms with van der Waals surface area (Å²) in [5, 5.41) is 9.85. The molecule has 2 aromatic carbocycles. The minimum absolute atomic E-state index is 0.0423. The first kappa shape index (κ1) is 30.8. The summed E-state index contributed by atoms with van der Waals surface area (Å²) in [7, 11) is -1.91. The number of pyridine rings is 1. The molecule has 1 fully saturated rings. The molecule has 6 nitrogen and oxygen atoms in total. The molecule has 0 N–H and O–H groups in total. The van der Waals surface area contributed by atoms with Crippen molar-refractivity contribution in [2.45, 2.75) is 70.1 Å². The van der Waals surface area contributed by atoms with Gasteiger partial charge in [0.2, 0.25) is 0 Å². The fourth-order valence-corrected chi connectivity index (χ4v) is 7.32. The zero-order chi connectivity index (χ0) is 30.4. The number of hydrogen-bond acceptors (Lipinski definition) is 5. The summed E-state index contributed by atoms with van der Waals surface area (Å²) in [6.45, 7) is 11.5. The van der Waals surface area contributed by atoms with E-state index >= 15 is 4.39 Å². The molecule has 0 saturated heterocycles. The van der Waals surface area contributed by atoms with Gasteiger partial charge in [0.25, 0.3) is 5.91 Å². The molecule has 3 aromatic rings. The number of carbonyl (C=O) groups is 1. The molecule has 1 aliphatic carbocycles. The number of aromatic nitrogens is 1. The van der Waals surface area contributed by atoms with E-state index in [2.05, 4.69) is 60.8 Å². The van der Waals surface area contributed by atoms with Crippen LogP contribution in [0.1, 0.15) is 66.4 Å². The van der Waals surface area contributed by atoms with Crippen molar-refractivity contribution in [3.63, 3.8) is 0 Å². The normalized spacial score (nSPS) is 22.1. The van der Waals surface area contributed by atoms with Gasteiger partial charge >= 0.3 is 0 Å². The summed E-state index contributed by atoms with van der Waals surface area (Å²) in [4.78, 5) is 20.0. The molecule has 1 saturated carbocycles. The van der Waals surface area contributed by atoms with E-state index in [1.807, 2.05) is 0 Å². The van der Waals surface area contributed by atoms with Crippen molar-refractivity contribution in [1.82, 2.24) is 9.88 Å². The van der Waals surface area contributed by atoms with Crippen LogP contribution in [0.15, 0.2) is 59.2 Å². The van der Waals surface area contributed by atoms with Gasteiger partial charge in [0.05, 0.1) is 35.5 Å². The van der Waals surface area contributed by atoms with Crippen LogP contribution in [-0.4, -0.2) is 36.8 Å². The smallest absolute Gasteiger partial charge is 0.257 e. The van der Waals surface area contributed by atoms with Gasteiger partial charge in [-0.05, 0) is 73.3 Å². The minimum atomic E-state index is -1.91. The lowest BCUT2D eigenvalue weighted by molar-refractivity contribution is -0.138. The Labute approximate surface area is 261 Å². The van der Waals surface area contributed by atoms with E-state index in [0.717, 1.165) is 12.8 Å². The van der Waals surface area contributed by atoms with Gasteiger partial charge in [-0.1, -0.05) is 60.4 Å². The summed E-state index contributed by atoms with van der Waals surface area (Å²) >= 11 is 9.60. The molecule has 42 heavy (non-hydrogen) atoms. The second kappa shape index (κ2) is 11.5. The zero-order valence-corrected chi connectivity index (χ0v) is 27.7. The van der Waals surface area contributed by atoms with E-state index < -0.39 is 19.9 Å². The van der Waals surface area contributed by atoms with Crippen LogP contribution in [0, 0.1) is 23.1 Å². The van der Waals surface area contributed by atoms with Gasteiger partial charge in [-0.2, -0.15) is 5.26 Å². The minimum Gasteiger partial charge on any atom is -0.414 e. The molecule has 1 aliphatic heterocycles. The first-order chi connectivity index (χ1) is 19.7. The molecule has 10 heteroatoms. The fourth-order valence-electron chi connectivity index (χ4n) is 5.39. The summed E-state index contributed by atoms with van der Waals surface area (Å²) in [5.41, 5.74) is 0.371. The summed E-state index contributed by atoms with van der Waals surface area (Å²) in [5.74, 6) is -0.735. The van der Waals surface area contributed by atoms with Crippen molar-refractivity contribution in [3.8, 4) is 6.07 Å². The molecule has 0 spiro atoms. The van der Waals surface area contributed by atoms with E-state index in [1.54, 1.807) is 42.5 Å². The third-order valence-electron chi connectivity index (χ3n) is 8.75. The van der Waals surface area contributed by atoms with E-state index in [4.69, 9.17) is 20.8 Å². The Morgan fingerprint density at radius 3 is 2.48 bits per heavy atom. The molecule has 1 atom stereocenters. The predicted molar refractivity (Wildman–Crippen MR) is 166 cm³/mol. The standard InChI is InChI=1S/C32H34BrClFN3O3Si/c1-31(2,3)42(4,5)41-26-12-21(13-26)19-40-32(22-7-9-24(34)10-8-22)29-27(14-23(33)15-28(29)35)30(39)38(32)18-25-11-6-20(16-36)17-37-25/h6-11,14-15,17,21,26H,12-13,18-19H2,1-5H3. The van der Waals surface area contributed by atoms with Crippen LogP contribution < -0.4 is 0 Å². The van der Waals surface area contributed by atoms with Crippen molar-refractivity contribution < 1.29 is 18.3 Å². The topological polar surface area (TPSA) is 75.5 Å². The van der Waals surface area contributed by atoms with Crippen LogP contribution in [0.4, 0.5) is 4.39 Å². The number of fused-ring (bicyclic) bond motifs is 1. The number of halogens is 3. The number of hydrogen-bond donors (Lipinski definition) is 0. The van der Waals surface area contributed by atoms with Gasteiger partial charge in [-0.3, -0.25) is 14.7 Å². The maximum Gasteiger partial charge on any atom is 0.257 e. The van der Waals surface area contributed by atoms with Crippen LogP contribution in [-0.2, 0) is 21.4 Å². The Bertz CT molecular complexity index is 1530. The van der Waals surface area contributed by atoms with Gasteiger partial charge in [-0.25, -0.2) is 4.39 Å². The SMILES string of the molecule is CC(C)(C)[Si](C)(C)OC1CC(COC2(c3ccc(Cl)cc3)c3c(F)cc(Br)cc3C(=O)N2Cc2ccc(C#N)cn2)C1. The number of nitrogens with zero attached hydrogens (tertiary/aromatic N) is 3. The van der Waals surface area contributed by atoms with Crippen LogP contribution in [0.25, 0.3) is 0 Å². The first-order valence-electron chi connectivity index (χ1n) is 14.0. The average molecular weight is 671 g/mol. The lowest BCUT2D eigenvalue weighted by Crippen LogP contribution is -2.50. The van der Waals surface area contributed by atoms with Crippen molar-refractivity contribution in [2.24, 2.45) is 5.92 Å². The largest absolute Gasteiger partial charge is 0.414 e.